The number of esters is 1. The molecule has 0 radical (unpaired) electrons. The first-order valence-corrected chi connectivity index (χ1v) is 21.5. The lowest BCUT2D eigenvalue weighted by atomic mass is 9.63. The number of rotatable bonds is 6. The monoisotopic (exact) mass is 784 g/mol. The summed E-state index contributed by atoms with van der Waals surface area (Å²) < 4.78 is 47.9. The normalized spacial score (nSPS) is 28.9. The Morgan fingerprint density at radius 2 is 1.80 bits per heavy atom. The maximum absolute atomic E-state index is 13.6. The molecule has 0 aromatic heterocycles. The van der Waals surface area contributed by atoms with Crippen LogP contribution in [0.4, 0.5) is 5.69 Å². The van der Waals surface area contributed by atoms with Crippen LogP contribution in [0.25, 0.3) is 0 Å². The van der Waals surface area contributed by atoms with Crippen molar-refractivity contribution in [3.05, 3.63) is 70.3 Å². The number of ether oxygens (including phenoxy) is 3. The summed E-state index contributed by atoms with van der Waals surface area (Å²) in [5.74, 6) is 0.0654. The fourth-order valence-electron chi connectivity index (χ4n) is 8.48. The number of hydrogen-bond acceptors (Lipinski definition) is 10. The molecule has 2 fully saturated rings. The maximum atomic E-state index is 13.6. The Hall–Kier alpha value is -3.16. The van der Waals surface area contributed by atoms with E-state index in [0.717, 1.165) is 82.6 Å². The number of allylic oxidation sites excluding steroid dienone is 1. The highest BCUT2D eigenvalue weighted by molar-refractivity contribution is 7.90. The first-order chi connectivity index (χ1) is 25.9. The van der Waals surface area contributed by atoms with Crippen LogP contribution in [-0.2, 0) is 37.3 Å². The smallest absolute Gasteiger partial charge is 0.320 e. The molecule has 2 aromatic rings. The topological polar surface area (TPSA) is 118 Å². The van der Waals surface area contributed by atoms with Crippen molar-refractivity contribution in [1.29, 1.82) is 0 Å². The van der Waals surface area contributed by atoms with Gasteiger partial charge in [0, 0.05) is 63.5 Å². The van der Waals surface area contributed by atoms with Crippen LogP contribution in [0.2, 0.25) is 5.02 Å². The van der Waals surface area contributed by atoms with E-state index in [2.05, 4.69) is 31.6 Å². The van der Waals surface area contributed by atoms with E-state index in [1.165, 1.54) is 5.56 Å². The third-order valence-electron chi connectivity index (χ3n) is 12.1. The number of nitrogens with one attached hydrogen (secondary N) is 1. The van der Waals surface area contributed by atoms with Gasteiger partial charge in [-0.25, -0.2) is 13.1 Å². The number of piperazine rings is 1. The maximum Gasteiger partial charge on any atom is 0.320 e. The van der Waals surface area contributed by atoms with Gasteiger partial charge in [-0.15, -0.1) is 0 Å². The van der Waals surface area contributed by atoms with Crippen molar-refractivity contribution in [3.63, 3.8) is 0 Å². The summed E-state index contributed by atoms with van der Waals surface area (Å²) in [6.07, 6.45) is 9.58. The van der Waals surface area contributed by atoms with Crippen LogP contribution in [0.5, 0.6) is 5.75 Å². The molecule has 0 spiro atoms. The zero-order valence-electron chi connectivity index (χ0n) is 32.2. The number of methoxy groups -OCH3 is 1. The second-order valence-electron chi connectivity index (χ2n) is 15.5. The van der Waals surface area contributed by atoms with Crippen molar-refractivity contribution in [2.45, 2.75) is 76.8 Å². The number of fused-ring (bicyclic) bond motifs is 3. The Balaban J connectivity index is 1.33. The molecule has 6 rings (SSSR count). The Labute approximate surface area is 326 Å². The number of anilines is 1. The minimum Gasteiger partial charge on any atom is -0.487 e. The van der Waals surface area contributed by atoms with E-state index < -0.39 is 26.8 Å². The summed E-state index contributed by atoms with van der Waals surface area (Å²) in [4.78, 5) is 32.7. The van der Waals surface area contributed by atoms with Crippen LogP contribution >= 0.6 is 11.6 Å². The third kappa shape index (κ3) is 9.44. The van der Waals surface area contributed by atoms with Crippen LogP contribution < -0.4 is 14.4 Å². The molecule has 1 aliphatic carbocycles. The van der Waals surface area contributed by atoms with Gasteiger partial charge < -0.3 is 19.1 Å². The van der Waals surface area contributed by atoms with Crippen LogP contribution in [-0.4, -0.2) is 107 Å². The molecule has 1 N–H and O–H groups in total. The van der Waals surface area contributed by atoms with Gasteiger partial charge in [0.2, 0.25) is 10.0 Å². The van der Waals surface area contributed by atoms with Crippen LogP contribution in [0.15, 0.2) is 48.6 Å². The fourth-order valence-corrected chi connectivity index (χ4v) is 9.96. The Morgan fingerprint density at radius 1 is 1.02 bits per heavy atom. The van der Waals surface area contributed by atoms with E-state index in [0.29, 0.717) is 49.4 Å². The largest absolute Gasteiger partial charge is 0.487 e. The van der Waals surface area contributed by atoms with Gasteiger partial charge in [-0.05, 0) is 112 Å². The highest BCUT2D eigenvalue weighted by Crippen LogP contribution is 2.47. The summed E-state index contributed by atoms with van der Waals surface area (Å²) in [5.41, 5.74) is 2.70. The van der Waals surface area contributed by atoms with Gasteiger partial charge in [-0.1, -0.05) is 36.7 Å². The molecule has 1 amide bonds. The van der Waals surface area contributed by atoms with Crippen LogP contribution in [0.3, 0.4) is 0 Å². The molecule has 13 heteroatoms. The first kappa shape index (κ1) is 40.5. The van der Waals surface area contributed by atoms with Crippen molar-refractivity contribution in [1.82, 2.24) is 14.5 Å². The molecule has 1 saturated carbocycles. The van der Waals surface area contributed by atoms with Gasteiger partial charge in [0.25, 0.3) is 5.91 Å². The number of sulfonamides is 1. The standard InChI is InChI=1S/C41H57ClN4O7S/c1-5-52-39(47)26-44-19-21-45(22-20-44)28-41(51-4)17-8-9-29(2)30(3)54(49,50)43-40(48)32-13-16-38-37(24-32)46(25-33-12-15-36(33)41)18-7-6-10-31-23-35(42)14-11-34(31)27-53-38/h8,11,13-14,16-17,23-24,29-30,33,36H,5-7,9-10,12,15,18-22,25-28H2,1-4H3,(H,43,48)/b17-8+/t29?,30-,33+,36-,41?/m1/s1. The molecule has 54 heavy (non-hydrogen) atoms. The summed E-state index contributed by atoms with van der Waals surface area (Å²) >= 11 is 6.40. The number of benzene rings is 2. The second kappa shape index (κ2) is 17.7. The lowest BCUT2D eigenvalue weighted by Crippen LogP contribution is -2.59. The molecule has 2 unspecified atom stereocenters. The highest BCUT2D eigenvalue weighted by atomic mass is 35.5. The van der Waals surface area contributed by atoms with Crippen molar-refractivity contribution < 1.29 is 32.2 Å². The van der Waals surface area contributed by atoms with Gasteiger partial charge in [0.05, 0.1) is 24.1 Å². The van der Waals surface area contributed by atoms with E-state index in [9.17, 15) is 18.0 Å². The predicted molar refractivity (Wildman–Crippen MR) is 212 cm³/mol. The summed E-state index contributed by atoms with van der Waals surface area (Å²) in [5, 5.41) is -0.109. The Kier molecular flexibility index (Phi) is 13.3. The quantitative estimate of drug-likeness (QED) is 0.289. The summed E-state index contributed by atoms with van der Waals surface area (Å²) in [7, 11) is -2.19. The average molecular weight is 785 g/mol. The number of aryl methyl sites for hydroxylation is 1. The molecular formula is C41H57ClN4O7S. The summed E-state index contributed by atoms with van der Waals surface area (Å²) in [6.45, 7) is 11.7. The average Bonchev–Trinajstić information content (AvgIpc) is 3.16. The number of hydrogen-bond donors (Lipinski definition) is 1. The number of amides is 1. The SMILES string of the molecule is CCOC(=O)CN1CCN(CC2(OC)/C=C/CC(C)[C@@H](C)S(=O)(=O)NC(=O)c3ccc4c(c3)N(CCCCc3cc(Cl)ccc3CO4)C[C@@H]3CC[C@H]32)CC1. The van der Waals surface area contributed by atoms with E-state index in [4.69, 9.17) is 25.8 Å². The van der Waals surface area contributed by atoms with Gasteiger partial charge in [-0.3, -0.25) is 19.4 Å². The predicted octanol–water partition coefficient (Wildman–Crippen LogP) is 5.70. The van der Waals surface area contributed by atoms with Gasteiger partial charge in [0.1, 0.15) is 18.0 Å². The molecule has 2 bridgehead atoms. The van der Waals surface area contributed by atoms with E-state index in [1.807, 2.05) is 32.0 Å². The zero-order chi connectivity index (χ0) is 38.5. The van der Waals surface area contributed by atoms with Gasteiger partial charge in [0.15, 0.2) is 0 Å². The number of nitrogens with zero attached hydrogens (tertiary/aromatic N) is 3. The van der Waals surface area contributed by atoms with E-state index in [1.54, 1.807) is 32.2 Å². The van der Waals surface area contributed by atoms with Gasteiger partial charge in [-0.2, -0.15) is 0 Å². The van der Waals surface area contributed by atoms with Crippen molar-refractivity contribution >= 4 is 39.2 Å². The molecular weight excluding hydrogens is 728 g/mol. The minimum absolute atomic E-state index is 0.193. The minimum atomic E-state index is -3.99. The first-order valence-electron chi connectivity index (χ1n) is 19.6. The summed E-state index contributed by atoms with van der Waals surface area (Å²) in [6, 6.07) is 11.2. The van der Waals surface area contributed by atoms with Crippen molar-refractivity contribution in [3.8, 4) is 5.75 Å². The molecule has 1 saturated heterocycles. The van der Waals surface area contributed by atoms with Crippen LogP contribution in [0.1, 0.15) is 74.4 Å². The molecule has 3 aliphatic heterocycles. The lowest BCUT2D eigenvalue weighted by molar-refractivity contribution is -0.145. The molecule has 3 heterocycles. The molecule has 296 valence electrons. The second-order valence-corrected chi connectivity index (χ2v) is 18.0. The van der Waals surface area contributed by atoms with E-state index in [-0.39, 0.29) is 23.4 Å². The Morgan fingerprint density at radius 3 is 2.52 bits per heavy atom. The molecule has 4 aliphatic rings. The number of carbonyl (C=O) groups excluding carboxylic acids is 2. The molecule has 11 nitrogen and oxygen atoms in total. The van der Waals surface area contributed by atoms with Crippen molar-refractivity contribution in [2.75, 3.05) is 71.0 Å². The van der Waals surface area contributed by atoms with E-state index >= 15 is 0 Å². The van der Waals surface area contributed by atoms with Crippen molar-refractivity contribution in [2.24, 2.45) is 17.8 Å². The highest BCUT2D eigenvalue weighted by Gasteiger charge is 2.48. The number of carbonyl (C=O) groups is 2. The molecule has 2 aromatic carbocycles. The number of halogens is 1. The Bertz CT molecular complexity index is 1780. The zero-order valence-corrected chi connectivity index (χ0v) is 33.8. The fraction of sp³-hybridized carbons (Fsp3) is 0.610. The van der Waals surface area contributed by atoms with Crippen LogP contribution in [0, 0.1) is 17.8 Å². The molecule has 5 atom stereocenters. The lowest BCUT2D eigenvalue weighted by Gasteiger charge is -2.52. The van der Waals surface area contributed by atoms with Gasteiger partial charge >= 0.3 is 5.97 Å². The third-order valence-corrected chi connectivity index (χ3v) is 14.3.